The summed E-state index contributed by atoms with van der Waals surface area (Å²) in [6.07, 6.45) is 2.66. The lowest BCUT2D eigenvalue weighted by Gasteiger charge is -2.36. The first kappa shape index (κ1) is 34.2. The fourth-order valence-corrected chi connectivity index (χ4v) is 5.72. The predicted molar refractivity (Wildman–Crippen MR) is 178 cm³/mol. The third kappa shape index (κ3) is 10.4. The van der Waals surface area contributed by atoms with Gasteiger partial charge in [0, 0.05) is 37.8 Å². The highest BCUT2D eigenvalue weighted by molar-refractivity contribution is 6.00. The number of rotatable bonds is 9. The zero-order chi connectivity index (χ0) is 32.2. The maximum Gasteiger partial charge on any atom is 0.258 e. The molecule has 0 spiro atoms. The van der Waals surface area contributed by atoms with Gasteiger partial charge in [-0.25, -0.2) is 0 Å². The highest BCUT2D eigenvalue weighted by Gasteiger charge is 2.30. The van der Waals surface area contributed by atoms with Crippen LogP contribution in [0.15, 0.2) is 78.9 Å². The minimum atomic E-state index is -0.433. The van der Waals surface area contributed by atoms with Crippen molar-refractivity contribution in [2.75, 3.05) is 38.7 Å². The number of benzene rings is 3. The second-order valence-electron chi connectivity index (χ2n) is 12.4. The Morgan fingerprint density at radius 2 is 1.71 bits per heavy atom. The molecular formula is C37H49N3O5. The molecule has 2 amide bonds. The van der Waals surface area contributed by atoms with Crippen LogP contribution in [0.5, 0.6) is 5.75 Å². The van der Waals surface area contributed by atoms with Crippen LogP contribution in [0.25, 0.3) is 0 Å². The number of fused-ring (bicyclic) bond motifs is 1. The van der Waals surface area contributed by atoms with Gasteiger partial charge in [0.1, 0.15) is 5.75 Å². The number of aliphatic hydroxyl groups excluding tert-OH is 1. The van der Waals surface area contributed by atoms with E-state index in [1.807, 2.05) is 62.4 Å². The Hall–Kier alpha value is -3.72. The second kappa shape index (κ2) is 17.1. The lowest BCUT2D eigenvalue weighted by molar-refractivity contribution is -0.115. The molecule has 1 aliphatic rings. The summed E-state index contributed by atoms with van der Waals surface area (Å²) in [5.74, 6) is 0.0424. The number of hydrogen-bond acceptors (Lipinski definition) is 6. The number of hydrogen-bond donors (Lipinski definition) is 2. The number of nitrogens with one attached hydrogen (secondary N) is 1. The Labute approximate surface area is 268 Å². The van der Waals surface area contributed by atoms with Crippen LogP contribution < -0.4 is 10.1 Å². The molecule has 0 saturated heterocycles. The van der Waals surface area contributed by atoms with Crippen LogP contribution in [0.1, 0.15) is 61.5 Å². The number of aliphatic hydroxyl groups is 1. The molecule has 0 unspecified atom stereocenters. The lowest BCUT2D eigenvalue weighted by atomic mass is 10.0. The van der Waals surface area contributed by atoms with Gasteiger partial charge in [0.2, 0.25) is 5.91 Å². The number of amides is 2. The van der Waals surface area contributed by atoms with Gasteiger partial charge in [-0.2, -0.15) is 0 Å². The molecule has 2 N–H and O–H groups in total. The summed E-state index contributed by atoms with van der Waals surface area (Å²) >= 11 is 0. The second-order valence-corrected chi connectivity index (χ2v) is 12.4. The lowest BCUT2D eigenvalue weighted by Crippen LogP contribution is -2.47. The Morgan fingerprint density at radius 3 is 2.40 bits per heavy atom. The summed E-state index contributed by atoms with van der Waals surface area (Å²) in [5.41, 5.74) is 3.03. The van der Waals surface area contributed by atoms with Gasteiger partial charge < -0.3 is 24.8 Å². The van der Waals surface area contributed by atoms with Gasteiger partial charge in [0.25, 0.3) is 5.91 Å². The van der Waals surface area contributed by atoms with Crippen LogP contribution in [-0.2, 0) is 22.5 Å². The van der Waals surface area contributed by atoms with E-state index in [0.29, 0.717) is 36.7 Å². The summed E-state index contributed by atoms with van der Waals surface area (Å²) in [6, 6.07) is 24.7. The normalized spacial score (nSPS) is 20.5. The summed E-state index contributed by atoms with van der Waals surface area (Å²) in [4.78, 5) is 31.2. The van der Waals surface area contributed by atoms with Gasteiger partial charge in [-0.05, 0) is 69.5 Å². The van der Waals surface area contributed by atoms with Crippen molar-refractivity contribution in [3.05, 3.63) is 95.6 Å². The van der Waals surface area contributed by atoms with Gasteiger partial charge in [-0.1, -0.05) is 67.6 Å². The predicted octanol–water partition coefficient (Wildman–Crippen LogP) is 5.80. The number of anilines is 1. The Balaban J connectivity index is 1.59. The van der Waals surface area contributed by atoms with Crippen LogP contribution >= 0.6 is 0 Å². The highest BCUT2D eigenvalue weighted by atomic mass is 16.5. The van der Waals surface area contributed by atoms with Crippen molar-refractivity contribution < 1.29 is 24.2 Å². The average Bonchev–Trinajstić information content (AvgIpc) is 3.03. The van der Waals surface area contributed by atoms with Crippen LogP contribution in [0.2, 0.25) is 0 Å². The molecule has 242 valence electrons. The summed E-state index contributed by atoms with van der Waals surface area (Å²) in [6.45, 7) is 8.31. The molecule has 3 aromatic rings. The summed E-state index contributed by atoms with van der Waals surface area (Å²) in [5, 5.41) is 13.2. The zero-order valence-corrected chi connectivity index (χ0v) is 27.2. The van der Waals surface area contributed by atoms with E-state index in [4.69, 9.17) is 9.47 Å². The topological polar surface area (TPSA) is 91.3 Å². The molecule has 1 heterocycles. The molecule has 0 radical (unpaired) electrons. The van der Waals surface area contributed by atoms with Crippen LogP contribution in [0.3, 0.4) is 0 Å². The van der Waals surface area contributed by atoms with E-state index in [-0.39, 0.29) is 43.0 Å². The van der Waals surface area contributed by atoms with Crippen molar-refractivity contribution in [1.82, 2.24) is 9.80 Å². The van der Waals surface area contributed by atoms with Gasteiger partial charge in [-0.15, -0.1) is 0 Å². The number of carbonyl (C=O) groups is 2. The molecule has 0 aromatic heterocycles. The van der Waals surface area contributed by atoms with Crippen molar-refractivity contribution in [2.45, 2.75) is 71.2 Å². The molecule has 45 heavy (non-hydrogen) atoms. The summed E-state index contributed by atoms with van der Waals surface area (Å²) in [7, 11) is 2.09. The first-order valence-corrected chi connectivity index (χ1v) is 16.1. The molecule has 8 heteroatoms. The van der Waals surface area contributed by atoms with Crippen molar-refractivity contribution in [2.24, 2.45) is 5.92 Å². The van der Waals surface area contributed by atoms with E-state index >= 15 is 0 Å². The van der Waals surface area contributed by atoms with Gasteiger partial charge in [0.05, 0.1) is 36.8 Å². The minimum absolute atomic E-state index is 0.0128. The third-order valence-corrected chi connectivity index (χ3v) is 8.33. The van der Waals surface area contributed by atoms with E-state index in [9.17, 15) is 14.7 Å². The van der Waals surface area contributed by atoms with E-state index in [0.717, 1.165) is 31.4 Å². The smallest absolute Gasteiger partial charge is 0.258 e. The fourth-order valence-electron chi connectivity index (χ4n) is 5.72. The minimum Gasteiger partial charge on any atom is -0.490 e. The Morgan fingerprint density at radius 1 is 1.02 bits per heavy atom. The monoisotopic (exact) mass is 615 g/mol. The van der Waals surface area contributed by atoms with E-state index < -0.39 is 6.04 Å². The number of nitrogens with zero attached hydrogens (tertiary/aromatic N) is 2. The van der Waals surface area contributed by atoms with Crippen molar-refractivity contribution in [3.8, 4) is 5.75 Å². The van der Waals surface area contributed by atoms with Crippen LogP contribution in [-0.4, -0.2) is 78.3 Å². The van der Waals surface area contributed by atoms with Crippen LogP contribution in [0.4, 0.5) is 5.69 Å². The van der Waals surface area contributed by atoms with Crippen molar-refractivity contribution >= 4 is 17.5 Å². The zero-order valence-electron chi connectivity index (χ0n) is 27.2. The molecule has 4 atom stereocenters. The SMILES string of the molecule is C[C@@H]1CN([C@@H](C)CO)C(=O)c2cc(NC(=O)Cc3ccccc3)ccc2O[C@@H](C)CCCCO[C@H]1CN(C)Cc1ccccc1. The van der Waals surface area contributed by atoms with Gasteiger partial charge in [0.15, 0.2) is 0 Å². The van der Waals surface area contributed by atoms with Crippen molar-refractivity contribution in [3.63, 3.8) is 0 Å². The first-order chi connectivity index (χ1) is 21.7. The first-order valence-electron chi connectivity index (χ1n) is 16.1. The van der Waals surface area contributed by atoms with E-state index in [2.05, 4.69) is 36.3 Å². The third-order valence-electron chi connectivity index (χ3n) is 8.33. The van der Waals surface area contributed by atoms with E-state index in [1.165, 1.54) is 5.56 Å². The van der Waals surface area contributed by atoms with Crippen LogP contribution in [0, 0.1) is 5.92 Å². The molecule has 0 aliphatic carbocycles. The fraction of sp³-hybridized carbons (Fsp3) is 0.459. The van der Waals surface area contributed by atoms with Gasteiger partial charge in [-0.3, -0.25) is 14.5 Å². The standard InChI is InChI=1S/C37H49N3O5/c1-27-23-40(28(2)26-41)37(43)33-22-32(38-36(42)21-30-14-7-5-8-15-30)18-19-34(33)45-29(3)13-11-12-20-44-35(27)25-39(4)24-31-16-9-6-10-17-31/h5-10,14-19,22,27-29,35,41H,11-13,20-21,23-26H2,1-4H3,(H,38,42)/t27-,28+,29+,35+/m1/s1. The molecule has 3 aromatic carbocycles. The Bertz CT molecular complexity index is 1350. The molecular weight excluding hydrogens is 566 g/mol. The maximum atomic E-state index is 14.3. The molecule has 0 fully saturated rings. The van der Waals surface area contributed by atoms with Crippen molar-refractivity contribution in [1.29, 1.82) is 0 Å². The maximum absolute atomic E-state index is 14.3. The number of carbonyl (C=O) groups excluding carboxylic acids is 2. The largest absolute Gasteiger partial charge is 0.490 e. The molecule has 4 rings (SSSR count). The van der Waals surface area contributed by atoms with E-state index in [1.54, 1.807) is 23.1 Å². The molecule has 8 nitrogen and oxygen atoms in total. The summed E-state index contributed by atoms with van der Waals surface area (Å²) < 4.78 is 12.8. The average molecular weight is 616 g/mol. The van der Waals surface area contributed by atoms with Gasteiger partial charge >= 0.3 is 0 Å². The molecule has 1 aliphatic heterocycles. The number of ether oxygens (including phenoxy) is 2. The molecule has 0 bridgehead atoms. The number of likely N-dealkylation sites (N-methyl/N-ethyl adjacent to an activating group) is 1. The Kier molecular flexibility index (Phi) is 13.0. The highest BCUT2D eigenvalue weighted by Crippen LogP contribution is 2.28. The molecule has 0 saturated carbocycles. The quantitative estimate of drug-likeness (QED) is 0.317.